The predicted octanol–water partition coefficient (Wildman–Crippen LogP) is 5.84. The van der Waals surface area contributed by atoms with Crippen molar-refractivity contribution in [1.82, 2.24) is 35.5 Å². The van der Waals surface area contributed by atoms with Crippen molar-refractivity contribution in [2.45, 2.75) is 82.2 Å². The molecule has 4 aromatic rings. The number of likely N-dealkylation sites (tertiary alicyclic amines) is 1. The normalized spacial score (nSPS) is 21.5. The van der Waals surface area contributed by atoms with Gasteiger partial charge in [-0.25, -0.2) is 4.79 Å². The second-order valence-electron chi connectivity index (χ2n) is 15.7. The smallest absolute Gasteiger partial charge is 0.417 e. The van der Waals surface area contributed by atoms with E-state index in [2.05, 4.69) is 35.3 Å². The van der Waals surface area contributed by atoms with Gasteiger partial charge in [0.15, 0.2) is 11.5 Å². The number of benzene rings is 2. The van der Waals surface area contributed by atoms with Gasteiger partial charge in [0, 0.05) is 57.1 Å². The van der Waals surface area contributed by atoms with Crippen LogP contribution in [0, 0.1) is 17.2 Å². The fourth-order valence-corrected chi connectivity index (χ4v) is 8.75. The SMILES string of the molecule is N#Cc1ccc(O[C@H]2CC[C@H](NC(=O)c3ccc(N4CCC(CN5CCC(n6ncc7c(N8CCC(=O)NC8=O)cccc76)CC5)CC4)nn3)CC2)cc1C(F)(F)F. The predicted molar refractivity (Wildman–Crippen MR) is 207 cm³/mol. The van der Waals surface area contributed by atoms with Crippen molar-refractivity contribution >= 4 is 40.3 Å². The maximum Gasteiger partial charge on any atom is 0.417 e. The number of hydrogen-bond acceptors (Lipinski definition) is 10. The first-order valence-corrected chi connectivity index (χ1v) is 20.0. The number of nitriles is 1. The molecule has 4 fully saturated rings. The van der Waals surface area contributed by atoms with Gasteiger partial charge in [-0.3, -0.25) is 24.5 Å². The number of ether oxygens (including phenoxy) is 1. The lowest BCUT2D eigenvalue weighted by Crippen LogP contribution is -2.49. The van der Waals surface area contributed by atoms with Crippen LogP contribution in [-0.2, 0) is 11.0 Å². The Morgan fingerprint density at radius 2 is 1.71 bits per heavy atom. The van der Waals surface area contributed by atoms with Crippen LogP contribution in [-0.4, -0.2) is 94.1 Å². The molecule has 1 aliphatic carbocycles. The zero-order valence-electron chi connectivity index (χ0n) is 32.0. The van der Waals surface area contributed by atoms with Crippen LogP contribution in [0.25, 0.3) is 10.9 Å². The molecule has 304 valence electrons. The molecule has 8 rings (SSSR count). The molecule has 58 heavy (non-hydrogen) atoms. The van der Waals surface area contributed by atoms with E-state index in [1.807, 2.05) is 30.5 Å². The van der Waals surface area contributed by atoms with Crippen molar-refractivity contribution in [2.75, 3.05) is 49.1 Å². The molecule has 1 saturated carbocycles. The lowest BCUT2D eigenvalue weighted by atomic mass is 9.92. The molecule has 17 heteroatoms. The Morgan fingerprint density at radius 1 is 0.931 bits per heavy atom. The number of hydrogen-bond donors (Lipinski definition) is 2. The topological polar surface area (TPSA) is 162 Å². The van der Waals surface area contributed by atoms with Crippen LogP contribution < -0.4 is 25.2 Å². The van der Waals surface area contributed by atoms with Gasteiger partial charge in [-0.15, -0.1) is 10.2 Å². The second kappa shape index (κ2) is 16.6. The van der Waals surface area contributed by atoms with Crippen LogP contribution in [0.1, 0.15) is 85.4 Å². The molecule has 0 unspecified atom stereocenters. The van der Waals surface area contributed by atoms with Crippen molar-refractivity contribution in [3.05, 3.63) is 71.5 Å². The summed E-state index contributed by atoms with van der Waals surface area (Å²) in [6.45, 7) is 5.08. The highest BCUT2D eigenvalue weighted by atomic mass is 19.4. The minimum atomic E-state index is -4.65. The summed E-state index contributed by atoms with van der Waals surface area (Å²) in [4.78, 5) is 43.6. The first-order chi connectivity index (χ1) is 28.0. The van der Waals surface area contributed by atoms with Gasteiger partial charge >= 0.3 is 12.2 Å². The summed E-state index contributed by atoms with van der Waals surface area (Å²) in [5.74, 6) is 0.816. The largest absolute Gasteiger partial charge is 0.490 e. The van der Waals surface area contributed by atoms with Gasteiger partial charge in [0.25, 0.3) is 5.91 Å². The van der Waals surface area contributed by atoms with Crippen LogP contribution >= 0.6 is 0 Å². The number of anilines is 2. The third-order valence-corrected chi connectivity index (χ3v) is 11.9. The Morgan fingerprint density at radius 3 is 2.40 bits per heavy atom. The standard InChI is InChI=1S/C41H45F3N10O4/c42-41(43,44)33-22-31(7-4-27(33)23-45)58-30-8-5-28(6-9-30)47-39(56)34-10-11-37(50-49-34)52-19-12-26(13-20-52)25-51-17-14-29(15-18-51)54-36-3-1-2-35(32(36)24-46-54)53-21-16-38(55)48-40(53)57/h1-4,7,10-11,22,24,26,28-30H,5-6,8-9,12-21,25H2,(H,47,56)(H,48,55,57)/t28-,30-. The minimum Gasteiger partial charge on any atom is -0.490 e. The van der Waals surface area contributed by atoms with Gasteiger partial charge < -0.3 is 19.9 Å². The fraction of sp³-hybridized carbons (Fsp3) is 0.488. The van der Waals surface area contributed by atoms with E-state index in [-0.39, 0.29) is 47.9 Å². The quantitative estimate of drug-likeness (QED) is 0.211. The highest BCUT2D eigenvalue weighted by molar-refractivity contribution is 6.09. The number of imide groups is 1. The Balaban J connectivity index is 0.759. The summed E-state index contributed by atoms with van der Waals surface area (Å²) in [7, 11) is 0. The molecule has 0 radical (unpaired) electrons. The number of urea groups is 1. The first-order valence-electron chi connectivity index (χ1n) is 20.0. The Labute approximate surface area is 333 Å². The van der Waals surface area contributed by atoms with E-state index in [0.29, 0.717) is 38.1 Å². The summed E-state index contributed by atoms with van der Waals surface area (Å²) in [5.41, 5.74) is 0.533. The molecule has 5 heterocycles. The van der Waals surface area contributed by atoms with E-state index in [0.717, 1.165) is 92.9 Å². The van der Waals surface area contributed by atoms with E-state index in [9.17, 15) is 27.6 Å². The maximum absolute atomic E-state index is 13.4. The third-order valence-electron chi connectivity index (χ3n) is 11.9. The van der Waals surface area contributed by atoms with Gasteiger partial charge in [-0.1, -0.05) is 6.07 Å². The minimum absolute atomic E-state index is 0.0695. The number of nitrogens with zero attached hydrogens (tertiary/aromatic N) is 8. The van der Waals surface area contributed by atoms with Gasteiger partial charge in [0.05, 0.1) is 46.7 Å². The average Bonchev–Trinajstić information content (AvgIpc) is 3.67. The van der Waals surface area contributed by atoms with Crippen LogP contribution in [0.3, 0.4) is 0 Å². The zero-order chi connectivity index (χ0) is 40.4. The fourth-order valence-electron chi connectivity index (χ4n) is 8.75. The summed E-state index contributed by atoms with van der Waals surface area (Å²) in [5, 5.41) is 28.7. The van der Waals surface area contributed by atoms with Crippen LogP contribution in [0.5, 0.6) is 5.75 Å². The van der Waals surface area contributed by atoms with E-state index < -0.39 is 23.3 Å². The molecule has 3 aliphatic heterocycles. The van der Waals surface area contributed by atoms with Gasteiger partial charge in [-0.05, 0) is 99.7 Å². The van der Waals surface area contributed by atoms with Crippen molar-refractivity contribution in [2.24, 2.45) is 5.92 Å². The number of amides is 4. The molecular weight excluding hydrogens is 754 g/mol. The van der Waals surface area contributed by atoms with Crippen molar-refractivity contribution in [3.8, 4) is 11.8 Å². The number of piperidine rings is 2. The molecule has 4 aliphatic rings. The van der Waals surface area contributed by atoms with E-state index in [4.69, 9.17) is 15.1 Å². The molecule has 0 bridgehead atoms. The van der Waals surface area contributed by atoms with Crippen LogP contribution in [0.15, 0.2) is 54.7 Å². The van der Waals surface area contributed by atoms with Crippen molar-refractivity contribution in [3.63, 3.8) is 0 Å². The van der Waals surface area contributed by atoms with E-state index in [1.165, 1.54) is 6.07 Å². The number of fused-ring (bicyclic) bond motifs is 1. The molecule has 2 aromatic carbocycles. The molecule has 2 N–H and O–H groups in total. The number of nitrogens with one attached hydrogen (secondary N) is 2. The van der Waals surface area contributed by atoms with Crippen LogP contribution in [0.4, 0.5) is 29.5 Å². The van der Waals surface area contributed by atoms with Gasteiger partial charge in [-0.2, -0.15) is 23.5 Å². The lowest BCUT2D eigenvalue weighted by molar-refractivity contribution is -0.138. The summed E-state index contributed by atoms with van der Waals surface area (Å²) < 4.78 is 48.0. The Bertz CT molecular complexity index is 2180. The highest BCUT2D eigenvalue weighted by Gasteiger charge is 2.35. The summed E-state index contributed by atoms with van der Waals surface area (Å²) in [6.07, 6.45) is 3.52. The highest BCUT2D eigenvalue weighted by Crippen LogP contribution is 2.36. The molecule has 0 atom stereocenters. The molecule has 2 aromatic heterocycles. The number of carbonyl (C=O) groups excluding carboxylic acids is 3. The lowest BCUT2D eigenvalue weighted by Gasteiger charge is -2.38. The number of aromatic nitrogens is 4. The number of rotatable bonds is 9. The molecule has 3 saturated heterocycles. The van der Waals surface area contributed by atoms with Gasteiger partial charge in [0.2, 0.25) is 5.91 Å². The molecule has 14 nitrogen and oxygen atoms in total. The van der Waals surface area contributed by atoms with E-state index in [1.54, 1.807) is 17.0 Å². The molecule has 0 spiro atoms. The Kier molecular flexibility index (Phi) is 11.2. The second-order valence-corrected chi connectivity index (χ2v) is 15.7. The summed E-state index contributed by atoms with van der Waals surface area (Å²) >= 11 is 0. The molecular formula is C41H45F3N10O4. The van der Waals surface area contributed by atoms with E-state index >= 15 is 0 Å². The maximum atomic E-state index is 13.4. The van der Waals surface area contributed by atoms with Crippen molar-refractivity contribution in [1.29, 1.82) is 5.26 Å². The monoisotopic (exact) mass is 798 g/mol. The molecule has 4 amide bonds. The zero-order valence-corrected chi connectivity index (χ0v) is 32.0. The van der Waals surface area contributed by atoms with Gasteiger partial charge in [0.1, 0.15) is 5.75 Å². The number of alkyl halides is 3. The first kappa shape index (κ1) is 39.1. The summed E-state index contributed by atoms with van der Waals surface area (Å²) in [6, 6.07) is 14.1. The average molecular weight is 799 g/mol. The Hall–Kier alpha value is -5.76. The third kappa shape index (κ3) is 8.57. The van der Waals surface area contributed by atoms with Crippen molar-refractivity contribution < 1.29 is 32.3 Å². The number of halogens is 3. The van der Waals surface area contributed by atoms with Crippen LogP contribution in [0.2, 0.25) is 0 Å². The number of carbonyl (C=O) groups is 3.